The van der Waals surface area contributed by atoms with Crippen LogP contribution in [0.5, 0.6) is 0 Å². The number of hydrogen-bond acceptors (Lipinski definition) is 7. The summed E-state index contributed by atoms with van der Waals surface area (Å²) in [7, 11) is -4.58. The van der Waals surface area contributed by atoms with Gasteiger partial charge in [-0.2, -0.15) is 4.31 Å². The first-order valence-corrected chi connectivity index (χ1v) is 10.5. The van der Waals surface area contributed by atoms with Crippen LogP contribution >= 0.6 is 0 Å². The Morgan fingerprint density at radius 2 is 1.31 bits per heavy atom. The third-order valence-electron chi connectivity index (χ3n) is 4.81. The lowest BCUT2D eigenvalue weighted by molar-refractivity contribution is -0.393. The zero-order chi connectivity index (χ0) is 23.0. The van der Waals surface area contributed by atoms with Gasteiger partial charge in [0, 0.05) is 6.07 Å². The van der Waals surface area contributed by atoms with Crippen LogP contribution in [0.1, 0.15) is 11.1 Å². The van der Waals surface area contributed by atoms with Crippen molar-refractivity contribution in [1.82, 2.24) is 0 Å². The van der Waals surface area contributed by atoms with E-state index in [0.717, 1.165) is 12.1 Å². The van der Waals surface area contributed by atoms with Crippen LogP contribution in [-0.2, 0) is 14.8 Å². The zero-order valence-corrected chi connectivity index (χ0v) is 16.9. The molecule has 0 atom stereocenters. The predicted octanol–water partition coefficient (Wildman–Crippen LogP) is 3.75. The summed E-state index contributed by atoms with van der Waals surface area (Å²) < 4.78 is 27.5. The lowest BCUT2D eigenvalue weighted by atomic mass is 10.0. The molecule has 4 rings (SSSR count). The van der Waals surface area contributed by atoms with Gasteiger partial charge in [0.25, 0.3) is 21.6 Å². The highest BCUT2D eigenvalue weighted by Crippen LogP contribution is 2.45. The monoisotopic (exact) mass is 451 g/mol. The van der Waals surface area contributed by atoms with E-state index in [9.17, 15) is 33.4 Å². The molecule has 1 aliphatic heterocycles. The molecular weight excluding hydrogens is 438 g/mol. The van der Waals surface area contributed by atoms with Gasteiger partial charge in [0.1, 0.15) is 10.6 Å². The van der Waals surface area contributed by atoms with Crippen molar-refractivity contribution in [3.05, 3.63) is 110 Å². The van der Waals surface area contributed by atoms with Crippen LogP contribution in [0, 0.1) is 20.2 Å². The van der Waals surface area contributed by atoms with Crippen molar-refractivity contribution in [1.29, 1.82) is 0 Å². The number of nitro groups is 2. The van der Waals surface area contributed by atoms with Crippen LogP contribution in [0.3, 0.4) is 0 Å². The summed E-state index contributed by atoms with van der Waals surface area (Å²) in [5.74, 6) is -0.994. The largest absolute Gasteiger partial charge is 0.300 e. The first-order valence-electron chi connectivity index (χ1n) is 9.11. The van der Waals surface area contributed by atoms with Crippen molar-refractivity contribution in [2.45, 2.75) is 0 Å². The number of sulfonamides is 1. The summed E-state index contributed by atoms with van der Waals surface area (Å²) >= 11 is 0. The molecule has 1 aliphatic rings. The minimum absolute atomic E-state index is 0.149. The SMILES string of the molecule is O=C1C(c2ccccc2)=C(c2ccccc2)S(=O)(=O)N1c1ccc([N+](=O)[O-])cc1[N+](=O)[O-]. The molecule has 0 aliphatic carbocycles. The lowest BCUT2D eigenvalue weighted by Crippen LogP contribution is -2.32. The van der Waals surface area contributed by atoms with Gasteiger partial charge in [0.05, 0.1) is 21.5 Å². The Labute approximate surface area is 181 Å². The molecule has 1 amide bonds. The summed E-state index contributed by atoms with van der Waals surface area (Å²) in [5.41, 5.74) is -1.67. The Morgan fingerprint density at radius 1 is 0.750 bits per heavy atom. The highest BCUT2D eigenvalue weighted by molar-refractivity contribution is 8.03. The molecule has 160 valence electrons. The Morgan fingerprint density at radius 3 is 1.84 bits per heavy atom. The summed E-state index contributed by atoms with van der Waals surface area (Å²) in [6, 6.07) is 18.4. The maximum absolute atomic E-state index is 13.6. The number of anilines is 1. The van der Waals surface area contributed by atoms with Crippen LogP contribution < -0.4 is 4.31 Å². The molecule has 3 aromatic carbocycles. The summed E-state index contributed by atoms with van der Waals surface area (Å²) in [6.07, 6.45) is 0. The smallest absolute Gasteiger partial charge is 0.267 e. The molecule has 0 fully saturated rings. The van der Waals surface area contributed by atoms with E-state index in [1.807, 2.05) is 0 Å². The molecule has 0 bridgehead atoms. The Hall–Kier alpha value is -4.38. The molecule has 0 aromatic heterocycles. The quantitative estimate of drug-likeness (QED) is 0.425. The number of non-ortho nitro benzene ring substituents is 1. The average molecular weight is 451 g/mol. The average Bonchev–Trinajstić information content (AvgIpc) is 2.99. The molecule has 0 spiro atoms. The van der Waals surface area contributed by atoms with Crippen LogP contribution in [0.2, 0.25) is 0 Å². The van der Waals surface area contributed by atoms with Crippen molar-refractivity contribution < 1.29 is 23.1 Å². The van der Waals surface area contributed by atoms with E-state index in [4.69, 9.17) is 0 Å². The van der Waals surface area contributed by atoms with Gasteiger partial charge in [0.15, 0.2) is 0 Å². The second-order valence-corrected chi connectivity index (χ2v) is 8.42. The second-order valence-electron chi connectivity index (χ2n) is 6.70. The van der Waals surface area contributed by atoms with Crippen LogP contribution in [-0.4, -0.2) is 24.2 Å². The summed E-state index contributed by atoms with van der Waals surface area (Å²) in [4.78, 5) is 34.0. The van der Waals surface area contributed by atoms with E-state index in [1.54, 1.807) is 48.5 Å². The molecule has 0 saturated carbocycles. The molecule has 1 heterocycles. The molecule has 3 aromatic rings. The number of carbonyl (C=O) groups excluding carboxylic acids is 1. The van der Waals surface area contributed by atoms with Crippen LogP contribution in [0.15, 0.2) is 78.9 Å². The lowest BCUT2D eigenvalue weighted by Gasteiger charge is -2.16. The van der Waals surface area contributed by atoms with Gasteiger partial charge in [-0.15, -0.1) is 0 Å². The molecule has 10 nitrogen and oxygen atoms in total. The van der Waals surface area contributed by atoms with Gasteiger partial charge >= 0.3 is 5.69 Å². The van der Waals surface area contributed by atoms with Crippen LogP contribution in [0.4, 0.5) is 17.1 Å². The molecule has 11 heteroatoms. The minimum atomic E-state index is -4.58. The van der Waals surface area contributed by atoms with Crippen molar-refractivity contribution in [3.63, 3.8) is 0 Å². The fourth-order valence-corrected chi connectivity index (χ4v) is 5.26. The molecule has 0 unspecified atom stereocenters. The summed E-state index contributed by atoms with van der Waals surface area (Å²) in [5, 5.41) is 22.7. The van der Waals surface area contributed by atoms with E-state index in [1.165, 1.54) is 12.1 Å². The third-order valence-corrected chi connectivity index (χ3v) is 6.61. The number of hydrogen-bond donors (Lipinski definition) is 0. The Bertz CT molecular complexity index is 1400. The van der Waals surface area contributed by atoms with Crippen molar-refractivity contribution in [2.24, 2.45) is 0 Å². The van der Waals surface area contributed by atoms with E-state index in [2.05, 4.69) is 0 Å². The number of nitrogens with zero attached hydrogens (tertiary/aromatic N) is 3. The molecule has 32 heavy (non-hydrogen) atoms. The van der Waals surface area contributed by atoms with Gasteiger partial charge in [0.2, 0.25) is 0 Å². The number of rotatable bonds is 5. The van der Waals surface area contributed by atoms with Gasteiger partial charge in [-0.3, -0.25) is 25.0 Å². The molecule has 0 radical (unpaired) electrons. The van der Waals surface area contributed by atoms with Gasteiger partial charge < -0.3 is 0 Å². The fourth-order valence-electron chi connectivity index (χ4n) is 3.45. The van der Waals surface area contributed by atoms with E-state index in [-0.39, 0.29) is 16.0 Å². The van der Waals surface area contributed by atoms with Crippen molar-refractivity contribution >= 4 is 43.5 Å². The molecule has 0 N–H and O–H groups in total. The first-order chi connectivity index (χ1) is 15.2. The van der Waals surface area contributed by atoms with E-state index in [0.29, 0.717) is 15.9 Å². The number of benzene rings is 3. The normalized spacial score (nSPS) is 15.1. The van der Waals surface area contributed by atoms with Crippen molar-refractivity contribution in [3.8, 4) is 0 Å². The highest BCUT2D eigenvalue weighted by Gasteiger charge is 2.48. The molecule has 0 saturated heterocycles. The van der Waals surface area contributed by atoms with Gasteiger partial charge in [-0.1, -0.05) is 60.7 Å². The fraction of sp³-hybridized carbons (Fsp3) is 0. The predicted molar refractivity (Wildman–Crippen MR) is 116 cm³/mol. The number of amides is 1. The van der Waals surface area contributed by atoms with E-state index < -0.39 is 42.8 Å². The topological polar surface area (TPSA) is 141 Å². The van der Waals surface area contributed by atoms with Crippen molar-refractivity contribution in [2.75, 3.05) is 4.31 Å². The maximum atomic E-state index is 13.6. The standard InChI is InChI=1S/C21H13N3O7S/c25-21-19(14-7-3-1-4-8-14)20(15-9-5-2-6-10-15)32(30,31)22(21)17-12-11-16(23(26)27)13-18(17)24(28)29/h1-13H. The maximum Gasteiger partial charge on any atom is 0.300 e. The third kappa shape index (κ3) is 3.30. The number of nitro benzene ring substituents is 2. The second kappa shape index (κ2) is 7.71. The van der Waals surface area contributed by atoms with Gasteiger partial charge in [-0.05, 0) is 17.2 Å². The van der Waals surface area contributed by atoms with E-state index >= 15 is 0 Å². The Balaban J connectivity index is 2.01. The zero-order valence-electron chi connectivity index (χ0n) is 16.1. The molecular formula is C21H13N3O7S. The van der Waals surface area contributed by atoms with Crippen LogP contribution in [0.25, 0.3) is 10.5 Å². The Kier molecular flexibility index (Phi) is 5.03. The minimum Gasteiger partial charge on any atom is -0.267 e. The highest BCUT2D eigenvalue weighted by atomic mass is 32.2. The summed E-state index contributed by atoms with van der Waals surface area (Å²) in [6.45, 7) is 0. The number of carbonyl (C=O) groups is 1. The first kappa shape index (κ1) is 20.9. The van der Waals surface area contributed by atoms with Gasteiger partial charge in [-0.25, -0.2) is 8.42 Å².